The number of anilines is 1. The van der Waals surface area contributed by atoms with Crippen LogP contribution in [0.4, 0.5) is 5.69 Å². The van der Waals surface area contributed by atoms with Gasteiger partial charge in [0.25, 0.3) is 0 Å². The van der Waals surface area contributed by atoms with E-state index in [9.17, 15) is 5.02 Å². The van der Waals surface area contributed by atoms with Gasteiger partial charge in [0.1, 0.15) is 5.15 Å². The summed E-state index contributed by atoms with van der Waals surface area (Å²) in [4.78, 5) is 6.62. The van der Waals surface area contributed by atoms with Gasteiger partial charge in [-0.25, -0.2) is 4.98 Å². The highest BCUT2D eigenvalue weighted by Crippen LogP contribution is 2.30. The van der Waals surface area contributed by atoms with E-state index in [2.05, 4.69) is 10.1 Å². The Labute approximate surface area is 126 Å². The standard InChI is InChI=1S/C13H11BClN3OS/c1-20-11-5-3-2-4-10(11)18-14(19)12-9(8-17-18)6-7-16-13(12)15/h2-8,19H,1H3. The molecule has 0 aliphatic carbocycles. The molecule has 2 heterocycles. The van der Waals surface area contributed by atoms with Crippen LogP contribution in [0.25, 0.3) is 0 Å². The lowest BCUT2D eigenvalue weighted by atomic mass is 9.70. The topological polar surface area (TPSA) is 48.7 Å². The molecule has 20 heavy (non-hydrogen) atoms. The number of hydrogen-bond acceptors (Lipinski definition) is 5. The summed E-state index contributed by atoms with van der Waals surface area (Å²) in [5.74, 6) is 0. The number of nitrogens with zero attached hydrogens (tertiary/aromatic N) is 3. The van der Waals surface area contributed by atoms with Crippen molar-refractivity contribution in [3.8, 4) is 0 Å². The summed E-state index contributed by atoms with van der Waals surface area (Å²) in [6.07, 6.45) is 5.28. The first-order valence-corrected chi connectivity index (χ1v) is 7.61. The second-order valence-corrected chi connectivity index (χ2v) is 5.45. The molecular weight excluding hydrogens is 292 g/mol. The minimum absolute atomic E-state index is 0.299. The van der Waals surface area contributed by atoms with E-state index in [1.54, 1.807) is 35.2 Å². The summed E-state index contributed by atoms with van der Waals surface area (Å²) >= 11 is 7.70. The molecule has 1 aliphatic heterocycles. The fourth-order valence-corrected chi connectivity index (χ4v) is 3.00. The van der Waals surface area contributed by atoms with Crippen LogP contribution in [0.1, 0.15) is 5.56 Å². The molecule has 7 heteroatoms. The van der Waals surface area contributed by atoms with Gasteiger partial charge in [-0.15, -0.1) is 11.8 Å². The van der Waals surface area contributed by atoms with Crippen LogP contribution in [0.15, 0.2) is 46.5 Å². The number of rotatable bonds is 2. The van der Waals surface area contributed by atoms with Crippen molar-refractivity contribution in [1.29, 1.82) is 0 Å². The molecule has 3 rings (SSSR count). The van der Waals surface area contributed by atoms with Gasteiger partial charge in [0.15, 0.2) is 0 Å². The molecule has 0 atom stereocenters. The Hall–Kier alpha value is -1.50. The lowest BCUT2D eigenvalue weighted by Crippen LogP contribution is -2.51. The summed E-state index contributed by atoms with van der Waals surface area (Å²) in [5.41, 5.74) is 2.21. The number of hydrogen-bond donors (Lipinski definition) is 1. The van der Waals surface area contributed by atoms with Gasteiger partial charge in [0, 0.05) is 16.6 Å². The van der Waals surface area contributed by atoms with Gasteiger partial charge in [-0.05, 0) is 30.0 Å². The Morgan fingerprint density at radius 2 is 2.10 bits per heavy atom. The third-order valence-electron chi connectivity index (χ3n) is 3.12. The van der Waals surface area contributed by atoms with Crippen LogP contribution in [0.2, 0.25) is 5.15 Å². The van der Waals surface area contributed by atoms with Crippen molar-refractivity contribution in [1.82, 2.24) is 4.98 Å². The van der Waals surface area contributed by atoms with E-state index in [-0.39, 0.29) is 0 Å². The van der Waals surface area contributed by atoms with Gasteiger partial charge >= 0.3 is 7.05 Å². The summed E-state index contributed by atoms with van der Waals surface area (Å²) < 4.78 is 0. The molecule has 0 saturated heterocycles. The van der Waals surface area contributed by atoms with E-state index in [4.69, 9.17) is 11.6 Å². The first-order valence-electron chi connectivity index (χ1n) is 6.01. The number of benzene rings is 1. The van der Waals surface area contributed by atoms with Crippen LogP contribution in [0.3, 0.4) is 0 Å². The van der Waals surface area contributed by atoms with Gasteiger partial charge in [-0.3, -0.25) is 4.92 Å². The molecule has 0 amide bonds. The summed E-state index contributed by atoms with van der Waals surface area (Å²) in [5, 5.41) is 15.2. The van der Waals surface area contributed by atoms with E-state index in [0.29, 0.717) is 10.6 Å². The number of pyridine rings is 1. The van der Waals surface area contributed by atoms with Crippen molar-refractivity contribution >= 4 is 47.8 Å². The van der Waals surface area contributed by atoms with Crippen molar-refractivity contribution in [3.63, 3.8) is 0 Å². The SMILES string of the molecule is CSc1ccccc1N1N=Cc2ccnc(Cl)c2B1O. The molecule has 0 fully saturated rings. The molecule has 1 aromatic carbocycles. The highest BCUT2D eigenvalue weighted by Gasteiger charge is 2.33. The molecule has 0 unspecified atom stereocenters. The van der Waals surface area contributed by atoms with Gasteiger partial charge < -0.3 is 5.02 Å². The molecule has 0 spiro atoms. The highest BCUT2D eigenvalue weighted by atomic mass is 35.5. The number of halogens is 1. The molecule has 1 aliphatic rings. The Morgan fingerprint density at radius 1 is 1.30 bits per heavy atom. The Bertz CT molecular complexity index is 682. The van der Waals surface area contributed by atoms with E-state index >= 15 is 0 Å². The predicted octanol–water partition coefficient (Wildman–Crippen LogP) is 2.00. The Morgan fingerprint density at radius 3 is 2.90 bits per heavy atom. The molecule has 100 valence electrons. The van der Waals surface area contributed by atoms with Gasteiger partial charge in [0.05, 0.1) is 11.9 Å². The maximum atomic E-state index is 10.6. The quantitative estimate of drug-likeness (QED) is 0.524. The zero-order valence-corrected chi connectivity index (χ0v) is 12.3. The number of para-hydroxylation sites is 1. The zero-order valence-electron chi connectivity index (χ0n) is 10.7. The molecular formula is C13H11BClN3OS. The van der Waals surface area contributed by atoms with E-state index in [1.807, 2.05) is 30.5 Å². The second kappa shape index (κ2) is 5.48. The predicted molar refractivity (Wildman–Crippen MR) is 85.1 cm³/mol. The maximum absolute atomic E-state index is 10.6. The van der Waals surface area contributed by atoms with E-state index in [1.165, 1.54) is 0 Å². The fourth-order valence-electron chi connectivity index (χ4n) is 2.15. The van der Waals surface area contributed by atoms with Crippen molar-refractivity contribution in [2.45, 2.75) is 4.90 Å². The number of aromatic nitrogens is 1. The Balaban J connectivity index is 2.09. The van der Waals surface area contributed by atoms with Crippen LogP contribution in [0.5, 0.6) is 0 Å². The van der Waals surface area contributed by atoms with Crippen LogP contribution >= 0.6 is 23.4 Å². The monoisotopic (exact) mass is 303 g/mol. The van der Waals surface area contributed by atoms with Gasteiger partial charge in [-0.1, -0.05) is 23.7 Å². The maximum Gasteiger partial charge on any atom is 0.474 e. The molecule has 1 N–H and O–H groups in total. The van der Waals surface area contributed by atoms with Crippen LogP contribution in [-0.4, -0.2) is 29.5 Å². The van der Waals surface area contributed by atoms with Crippen LogP contribution in [-0.2, 0) is 0 Å². The first kappa shape index (κ1) is 13.5. The van der Waals surface area contributed by atoms with Crippen molar-refractivity contribution in [2.24, 2.45) is 5.10 Å². The number of thioether (sulfide) groups is 1. The fraction of sp³-hybridized carbons (Fsp3) is 0.0769. The smallest absolute Gasteiger partial charge is 0.427 e. The van der Waals surface area contributed by atoms with Crippen LogP contribution < -0.4 is 10.4 Å². The third-order valence-corrected chi connectivity index (χ3v) is 4.20. The third kappa shape index (κ3) is 2.20. The number of fused-ring (bicyclic) bond motifs is 1. The van der Waals surface area contributed by atoms with Crippen molar-refractivity contribution < 1.29 is 5.02 Å². The summed E-state index contributed by atoms with van der Waals surface area (Å²) in [6.45, 7) is 0. The largest absolute Gasteiger partial charge is 0.474 e. The molecule has 0 bridgehead atoms. The van der Waals surface area contributed by atoms with Crippen molar-refractivity contribution in [3.05, 3.63) is 47.2 Å². The summed E-state index contributed by atoms with van der Waals surface area (Å²) in [7, 11) is -0.940. The minimum Gasteiger partial charge on any atom is -0.427 e. The average Bonchev–Trinajstić information content (AvgIpc) is 2.48. The Kier molecular flexibility index (Phi) is 3.69. The molecule has 0 saturated carbocycles. The molecule has 4 nitrogen and oxygen atoms in total. The molecule has 1 aromatic heterocycles. The first-order chi connectivity index (χ1) is 9.72. The zero-order chi connectivity index (χ0) is 14.1. The van der Waals surface area contributed by atoms with Gasteiger partial charge in [0.2, 0.25) is 0 Å². The second-order valence-electron chi connectivity index (χ2n) is 4.24. The normalized spacial score (nSPS) is 13.6. The minimum atomic E-state index is -0.940. The highest BCUT2D eigenvalue weighted by molar-refractivity contribution is 7.98. The molecule has 0 radical (unpaired) electrons. The van der Waals surface area contributed by atoms with E-state index in [0.717, 1.165) is 16.1 Å². The van der Waals surface area contributed by atoms with Crippen molar-refractivity contribution in [2.75, 3.05) is 11.2 Å². The lowest BCUT2D eigenvalue weighted by molar-refractivity contribution is 0.577. The molecule has 2 aromatic rings. The lowest BCUT2D eigenvalue weighted by Gasteiger charge is -2.28. The van der Waals surface area contributed by atoms with Gasteiger partial charge in [-0.2, -0.15) is 5.10 Å². The van der Waals surface area contributed by atoms with Crippen LogP contribution in [0, 0.1) is 0 Å². The van der Waals surface area contributed by atoms with E-state index < -0.39 is 7.05 Å². The average molecular weight is 304 g/mol. The number of hydrazone groups is 1. The summed E-state index contributed by atoms with van der Waals surface area (Å²) in [6, 6.07) is 9.56.